The Hall–Kier alpha value is -1.53. The molecule has 0 saturated carbocycles. The molecule has 1 radical (unpaired) electrons. The van der Waals surface area contributed by atoms with Crippen LogP contribution in [0.5, 0.6) is 0 Å². The van der Waals surface area contributed by atoms with Gasteiger partial charge in [-0.05, 0) is 31.4 Å². The third-order valence-electron chi connectivity index (χ3n) is 3.85. The monoisotopic (exact) mass is 351 g/mol. The summed E-state index contributed by atoms with van der Waals surface area (Å²) >= 11 is 0. The van der Waals surface area contributed by atoms with Crippen LogP contribution in [0.2, 0.25) is 12.1 Å². The highest BCUT2D eigenvalue weighted by Crippen LogP contribution is 2.35. The smallest absolute Gasteiger partial charge is 0.303 e. The van der Waals surface area contributed by atoms with Gasteiger partial charge in [-0.3, -0.25) is 4.79 Å². The number of allylic oxidation sites excluding steroid dienone is 2. The molecule has 2 heterocycles. The van der Waals surface area contributed by atoms with Gasteiger partial charge in [0.05, 0.1) is 25.2 Å². The number of hydrogen-bond acceptors (Lipinski definition) is 4. The summed E-state index contributed by atoms with van der Waals surface area (Å²) in [5.41, 5.74) is 0. The van der Waals surface area contributed by atoms with Crippen molar-refractivity contribution in [3.63, 3.8) is 0 Å². The van der Waals surface area contributed by atoms with Crippen molar-refractivity contribution in [2.24, 2.45) is 5.92 Å². The van der Waals surface area contributed by atoms with Crippen molar-refractivity contribution in [1.29, 1.82) is 0 Å². The predicted octanol–water partition coefficient (Wildman–Crippen LogP) is 4.04. The van der Waals surface area contributed by atoms with Gasteiger partial charge >= 0.3 is 5.97 Å². The first kappa shape index (κ1) is 23.5. The molecule has 0 amide bonds. The Kier molecular flexibility index (Phi) is 15.0. The number of ether oxygens (including phenoxy) is 1. The average Bonchev–Trinajstić information content (AvgIpc) is 3.28. The van der Waals surface area contributed by atoms with Crippen molar-refractivity contribution >= 4 is 13.2 Å². The highest BCUT2D eigenvalue weighted by molar-refractivity contribution is 6.39. The molecule has 1 aliphatic heterocycles. The minimum Gasteiger partial charge on any atom is -0.481 e. The van der Waals surface area contributed by atoms with Crippen LogP contribution in [0.4, 0.5) is 0 Å². The molecule has 1 saturated heterocycles. The molecule has 3 atom stereocenters. The Bertz CT molecular complexity index is 416. The number of unbranched alkanes of at least 4 members (excludes halogenated alkanes) is 1. The summed E-state index contributed by atoms with van der Waals surface area (Å²) in [6.45, 7) is 4.59. The number of furan rings is 1. The quantitative estimate of drug-likeness (QED) is 0.420. The minimum atomic E-state index is -0.740. The average molecular weight is 351 g/mol. The first-order valence-electron chi connectivity index (χ1n) is 8.99. The summed E-state index contributed by atoms with van der Waals surface area (Å²) in [6, 6.07) is 3.67. The van der Waals surface area contributed by atoms with Crippen LogP contribution < -0.4 is 0 Å². The topological polar surface area (TPSA) is 79.9 Å². The molecule has 2 N–H and O–H groups in total. The van der Waals surface area contributed by atoms with E-state index in [9.17, 15) is 9.90 Å². The molecule has 1 aliphatic rings. The lowest BCUT2D eigenvalue weighted by Crippen LogP contribution is -2.21. The van der Waals surface area contributed by atoms with Crippen LogP contribution in [-0.4, -0.2) is 43.3 Å². The molecule has 25 heavy (non-hydrogen) atoms. The second-order valence-electron chi connectivity index (χ2n) is 5.61. The van der Waals surface area contributed by atoms with Crippen molar-refractivity contribution in [3.8, 4) is 0 Å². The van der Waals surface area contributed by atoms with E-state index in [2.05, 4.69) is 17.8 Å². The van der Waals surface area contributed by atoms with E-state index >= 15 is 0 Å². The number of aliphatic carboxylic acids is 1. The normalized spacial score (nSPS) is 21.7. The van der Waals surface area contributed by atoms with E-state index in [1.165, 1.54) is 0 Å². The molecular weight excluding hydrogens is 319 g/mol. The third kappa shape index (κ3) is 11.6. The van der Waals surface area contributed by atoms with Crippen molar-refractivity contribution < 1.29 is 24.2 Å². The van der Waals surface area contributed by atoms with Gasteiger partial charge < -0.3 is 19.4 Å². The number of aliphatic hydroxyl groups is 1. The SMILES string of the molecule is CC.COC[C@H]1[C@H](O)C[B][C@@H]1CC=CCCCC(=O)O.c1ccoc1. The van der Waals surface area contributed by atoms with Crippen molar-refractivity contribution in [1.82, 2.24) is 0 Å². The zero-order chi connectivity index (χ0) is 18.9. The predicted molar refractivity (Wildman–Crippen MR) is 101 cm³/mol. The highest BCUT2D eigenvalue weighted by atomic mass is 16.5. The molecular formula is C19H32BO5. The number of carbonyl (C=O) groups is 1. The van der Waals surface area contributed by atoms with Gasteiger partial charge in [-0.25, -0.2) is 0 Å². The zero-order valence-electron chi connectivity index (χ0n) is 15.6. The number of rotatable bonds is 8. The summed E-state index contributed by atoms with van der Waals surface area (Å²) in [7, 11) is 3.82. The van der Waals surface area contributed by atoms with E-state index in [0.717, 1.165) is 19.2 Å². The van der Waals surface area contributed by atoms with E-state index in [1.807, 2.05) is 32.1 Å². The lowest BCUT2D eigenvalue weighted by atomic mass is 9.64. The molecule has 0 unspecified atom stereocenters. The van der Waals surface area contributed by atoms with Gasteiger partial charge in [0.25, 0.3) is 0 Å². The number of carboxylic acid groups (broad SMARTS) is 1. The number of carboxylic acids is 1. The highest BCUT2D eigenvalue weighted by Gasteiger charge is 2.34. The van der Waals surface area contributed by atoms with Crippen molar-refractivity contribution in [3.05, 3.63) is 36.8 Å². The molecule has 5 nitrogen and oxygen atoms in total. The van der Waals surface area contributed by atoms with Crippen LogP contribution in [0.1, 0.15) is 39.5 Å². The second-order valence-corrected chi connectivity index (χ2v) is 5.61. The molecule has 0 spiro atoms. The van der Waals surface area contributed by atoms with Gasteiger partial charge in [-0.15, -0.1) is 0 Å². The number of hydrogen-bond donors (Lipinski definition) is 2. The summed E-state index contributed by atoms with van der Waals surface area (Å²) in [4.78, 5) is 10.3. The van der Waals surface area contributed by atoms with Gasteiger partial charge in [-0.1, -0.05) is 38.1 Å². The van der Waals surface area contributed by atoms with E-state index in [-0.39, 0.29) is 18.4 Å². The van der Waals surface area contributed by atoms with Crippen molar-refractivity contribution in [2.75, 3.05) is 13.7 Å². The summed E-state index contributed by atoms with van der Waals surface area (Å²) < 4.78 is 9.71. The van der Waals surface area contributed by atoms with Crippen LogP contribution in [0.25, 0.3) is 0 Å². The fourth-order valence-corrected chi connectivity index (χ4v) is 2.62. The summed E-state index contributed by atoms with van der Waals surface area (Å²) in [6.07, 6.45) is 10.4. The Morgan fingerprint density at radius 1 is 1.32 bits per heavy atom. The van der Waals surface area contributed by atoms with Crippen molar-refractivity contribution in [2.45, 2.75) is 57.8 Å². The molecule has 1 aromatic rings. The van der Waals surface area contributed by atoms with Crippen LogP contribution in [0, 0.1) is 5.92 Å². The molecule has 2 rings (SSSR count). The first-order chi connectivity index (χ1) is 12.1. The van der Waals surface area contributed by atoms with Crippen LogP contribution in [-0.2, 0) is 9.53 Å². The van der Waals surface area contributed by atoms with E-state index in [0.29, 0.717) is 18.8 Å². The number of aliphatic hydroxyl groups excluding tert-OH is 1. The van der Waals surface area contributed by atoms with E-state index < -0.39 is 5.97 Å². The van der Waals surface area contributed by atoms with Crippen LogP contribution in [0.3, 0.4) is 0 Å². The fourth-order valence-electron chi connectivity index (χ4n) is 2.62. The van der Waals surface area contributed by atoms with Crippen LogP contribution in [0.15, 0.2) is 41.2 Å². The molecule has 1 fully saturated rings. The zero-order valence-corrected chi connectivity index (χ0v) is 15.6. The van der Waals surface area contributed by atoms with E-state index in [1.54, 1.807) is 19.6 Å². The Labute approximate surface area is 152 Å². The lowest BCUT2D eigenvalue weighted by Gasteiger charge is -2.20. The largest absolute Gasteiger partial charge is 0.481 e. The van der Waals surface area contributed by atoms with Gasteiger partial charge in [0.15, 0.2) is 0 Å². The Balaban J connectivity index is 0.000000688. The molecule has 141 valence electrons. The maximum atomic E-state index is 10.3. The maximum Gasteiger partial charge on any atom is 0.303 e. The summed E-state index contributed by atoms with van der Waals surface area (Å²) in [5, 5.41) is 18.3. The molecule has 6 heteroatoms. The number of methoxy groups -OCH3 is 1. The van der Waals surface area contributed by atoms with Gasteiger partial charge in [0, 0.05) is 19.4 Å². The van der Waals surface area contributed by atoms with E-state index in [4.69, 9.17) is 9.84 Å². The maximum absolute atomic E-state index is 10.3. The summed E-state index contributed by atoms with van der Waals surface area (Å²) in [5.74, 6) is -0.176. The standard InChI is InChI=1S/C13H22BO4.C4H4O.C2H6/c1-18-9-10-11(14-8-12(10)15)6-4-2-3-5-7-13(16)17;1-2-4-5-3-1;1-2/h2,4,10-12,15H,3,5-9H2,1H3,(H,16,17);1-4H;1-2H3/t10-,11-,12-;;/m1../s1. The third-order valence-corrected chi connectivity index (χ3v) is 3.85. The Morgan fingerprint density at radius 2 is 2.00 bits per heavy atom. The van der Waals surface area contributed by atoms with Crippen LogP contribution >= 0.6 is 0 Å². The van der Waals surface area contributed by atoms with Gasteiger partial charge in [0.1, 0.15) is 7.28 Å². The molecule has 0 bridgehead atoms. The second kappa shape index (κ2) is 16.0. The van der Waals surface area contributed by atoms with Gasteiger partial charge in [0.2, 0.25) is 0 Å². The molecule has 0 aromatic carbocycles. The molecule has 1 aromatic heterocycles. The Morgan fingerprint density at radius 3 is 2.52 bits per heavy atom. The first-order valence-corrected chi connectivity index (χ1v) is 8.99. The molecule has 0 aliphatic carbocycles. The minimum absolute atomic E-state index is 0.193. The lowest BCUT2D eigenvalue weighted by molar-refractivity contribution is -0.137. The fraction of sp³-hybridized carbons (Fsp3) is 0.632. The van der Waals surface area contributed by atoms with Gasteiger partial charge in [-0.2, -0.15) is 0 Å².